The second kappa shape index (κ2) is 5.84. The molecule has 1 N–H and O–H groups in total. The fourth-order valence-electron chi connectivity index (χ4n) is 2.37. The zero-order valence-corrected chi connectivity index (χ0v) is 13.4. The van der Waals surface area contributed by atoms with Gasteiger partial charge in [0.2, 0.25) is 10.0 Å². The lowest BCUT2D eigenvalue weighted by Gasteiger charge is -2.24. The molecular weight excluding hydrogens is 272 g/mol. The first-order chi connectivity index (χ1) is 9.37. The fraction of sp³-hybridized carbons (Fsp3) is 0.600. The molecule has 1 aromatic rings. The van der Waals surface area contributed by atoms with Gasteiger partial charge in [-0.3, -0.25) is 0 Å². The third-order valence-corrected chi connectivity index (χ3v) is 6.29. The summed E-state index contributed by atoms with van der Waals surface area (Å²) in [7, 11) is 0.153. The molecule has 1 aliphatic carbocycles. The summed E-state index contributed by atoms with van der Waals surface area (Å²) in [6.07, 6.45) is 2.27. The minimum absolute atomic E-state index is 0.0744. The number of benzene rings is 1. The molecule has 0 radical (unpaired) electrons. The molecule has 0 spiro atoms. The van der Waals surface area contributed by atoms with Crippen LogP contribution in [0.5, 0.6) is 0 Å². The van der Waals surface area contributed by atoms with Crippen molar-refractivity contribution in [1.29, 1.82) is 0 Å². The van der Waals surface area contributed by atoms with E-state index in [9.17, 15) is 8.42 Å². The summed E-state index contributed by atoms with van der Waals surface area (Å²) in [5.41, 5.74) is 0.987. The summed E-state index contributed by atoms with van der Waals surface area (Å²) in [4.78, 5) is 0.382. The Morgan fingerprint density at radius 1 is 1.30 bits per heavy atom. The Bertz CT molecular complexity index is 567. The highest BCUT2D eigenvalue weighted by Gasteiger charge is 2.36. The van der Waals surface area contributed by atoms with Crippen LogP contribution in [0.1, 0.15) is 38.3 Å². The predicted octanol–water partition coefficient (Wildman–Crippen LogP) is 2.39. The van der Waals surface area contributed by atoms with Crippen molar-refractivity contribution in [1.82, 2.24) is 9.62 Å². The van der Waals surface area contributed by atoms with E-state index in [1.165, 1.54) is 4.31 Å². The van der Waals surface area contributed by atoms with Gasteiger partial charge in [0.15, 0.2) is 0 Å². The monoisotopic (exact) mass is 296 g/mol. The number of hydrogen-bond donors (Lipinski definition) is 1. The van der Waals surface area contributed by atoms with Crippen LogP contribution in [0.3, 0.4) is 0 Å². The molecule has 1 saturated carbocycles. The Morgan fingerprint density at radius 3 is 2.50 bits per heavy atom. The molecule has 0 bridgehead atoms. The van der Waals surface area contributed by atoms with Gasteiger partial charge in [0.1, 0.15) is 0 Å². The van der Waals surface area contributed by atoms with Crippen molar-refractivity contribution in [2.75, 3.05) is 14.1 Å². The Hall–Kier alpha value is -0.910. The van der Waals surface area contributed by atoms with Crippen LogP contribution in [0.15, 0.2) is 29.2 Å². The molecule has 0 saturated heterocycles. The summed E-state index contributed by atoms with van der Waals surface area (Å²) in [5, 5.41) is 3.13. The van der Waals surface area contributed by atoms with E-state index in [0.717, 1.165) is 18.4 Å². The maximum Gasteiger partial charge on any atom is 0.243 e. The molecule has 2 unspecified atom stereocenters. The first-order valence-electron chi connectivity index (χ1n) is 7.13. The highest BCUT2D eigenvalue weighted by Crippen LogP contribution is 2.36. The molecule has 4 nitrogen and oxygen atoms in total. The third-order valence-electron chi connectivity index (χ3n) is 4.35. The van der Waals surface area contributed by atoms with Gasteiger partial charge in [-0.05, 0) is 57.4 Å². The van der Waals surface area contributed by atoms with E-state index in [2.05, 4.69) is 5.32 Å². The lowest BCUT2D eigenvalue weighted by atomic mass is 10.1. The fourth-order valence-corrected chi connectivity index (χ4v) is 3.85. The highest BCUT2D eigenvalue weighted by molar-refractivity contribution is 7.89. The largest absolute Gasteiger partial charge is 0.313 e. The summed E-state index contributed by atoms with van der Waals surface area (Å²) in [5.74, 6) is 0.522. The van der Waals surface area contributed by atoms with Crippen molar-refractivity contribution in [3.05, 3.63) is 29.8 Å². The molecular formula is C15H24N2O2S. The molecule has 0 aliphatic heterocycles. The van der Waals surface area contributed by atoms with Crippen LogP contribution in [0.4, 0.5) is 0 Å². The van der Waals surface area contributed by atoms with Gasteiger partial charge in [0.25, 0.3) is 0 Å². The smallest absolute Gasteiger partial charge is 0.243 e. The average Bonchev–Trinajstić information content (AvgIpc) is 3.29. The summed E-state index contributed by atoms with van der Waals surface area (Å²) < 4.78 is 26.9. The van der Waals surface area contributed by atoms with Crippen LogP contribution in [-0.2, 0) is 10.0 Å². The number of nitrogens with one attached hydrogen (secondary N) is 1. The molecule has 5 heteroatoms. The number of sulfonamides is 1. The Kier molecular flexibility index (Phi) is 4.52. The first-order valence-corrected chi connectivity index (χ1v) is 8.57. The van der Waals surface area contributed by atoms with Crippen LogP contribution in [0.25, 0.3) is 0 Å². The zero-order chi connectivity index (χ0) is 14.9. The van der Waals surface area contributed by atoms with Gasteiger partial charge in [0, 0.05) is 19.1 Å². The molecule has 2 atom stereocenters. The normalized spacial score (nSPS) is 19.1. The van der Waals surface area contributed by atoms with Crippen LogP contribution < -0.4 is 5.32 Å². The molecule has 1 aliphatic rings. The van der Waals surface area contributed by atoms with Crippen molar-refractivity contribution < 1.29 is 8.42 Å². The van der Waals surface area contributed by atoms with Gasteiger partial charge in [-0.25, -0.2) is 8.42 Å². The summed E-state index contributed by atoms with van der Waals surface area (Å²) in [6, 6.07) is 7.42. The van der Waals surface area contributed by atoms with Crippen molar-refractivity contribution in [2.24, 2.45) is 5.92 Å². The Labute approximate surface area is 122 Å². The Morgan fingerprint density at radius 2 is 1.95 bits per heavy atom. The third kappa shape index (κ3) is 3.05. The van der Waals surface area contributed by atoms with Gasteiger partial charge in [-0.2, -0.15) is 4.31 Å². The van der Waals surface area contributed by atoms with E-state index in [0.29, 0.717) is 10.8 Å². The van der Waals surface area contributed by atoms with Crippen molar-refractivity contribution in [2.45, 2.75) is 43.7 Å². The summed E-state index contributed by atoms with van der Waals surface area (Å²) in [6.45, 7) is 4.01. The van der Waals surface area contributed by atoms with Crippen LogP contribution >= 0.6 is 0 Å². The van der Waals surface area contributed by atoms with Crippen LogP contribution in [0.2, 0.25) is 0 Å². The molecule has 0 aromatic heterocycles. The molecule has 1 aromatic carbocycles. The molecule has 2 rings (SSSR count). The van der Waals surface area contributed by atoms with E-state index < -0.39 is 10.0 Å². The number of hydrogen-bond acceptors (Lipinski definition) is 3. The first kappa shape index (κ1) is 15.5. The van der Waals surface area contributed by atoms with Gasteiger partial charge in [-0.1, -0.05) is 12.1 Å². The average molecular weight is 296 g/mol. The minimum Gasteiger partial charge on any atom is -0.313 e. The van der Waals surface area contributed by atoms with E-state index >= 15 is 0 Å². The van der Waals surface area contributed by atoms with Crippen molar-refractivity contribution in [3.63, 3.8) is 0 Å². The molecule has 0 amide bonds. The van der Waals surface area contributed by atoms with Crippen molar-refractivity contribution in [3.8, 4) is 0 Å². The maximum atomic E-state index is 12.7. The van der Waals surface area contributed by atoms with Crippen LogP contribution in [0, 0.1) is 5.92 Å². The van der Waals surface area contributed by atoms with E-state index in [1.807, 2.05) is 33.0 Å². The lowest BCUT2D eigenvalue weighted by Crippen LogP contribution is -2.36. The molecule has 112 valence electrons. The highest BCUT2D eigenvalue weighted by atomic mass is 32.2. The Balaban J connectivity index is 2.28. The molecule has 0 heterocycles. The molecule has 20 heavy (non-hydrogen) atoms. The second-order valence-electron chi connectivity index (χ2n) is 5.68. The van der Waals surface area contributed by atoms with Gasteiger partial charge in [0.05, 0.1) is 4.90 Å². The number of nitrogens with zero attached hydrogens (tertiary/aromatic N) is 1. The summed E-state index contributed by atoms with van der Waals surface area (Å²) >= 11 is 0. The lowest BCUT2D eigenvalue weighted by molar-refractivity contribution is 0.357. The minimum atomic E-state index is -3.40. The number of rotatable bonds is 6. The maximum absolute atomic E-state index is 12.7. The molecule has 1 fully saturated rings. The van der Waals surface area contributed by atoms with Crippen LogP contribution in [-0.4, -0.2) is 32.9 Å². The van der Waals surface area contributed by atoms with Gasteiger partial charge in [-0.15, -0.1) is 0 Å². The SMILES string of the molecule is CNC(C)c1cccc(S(=O)(=O)N(C)C(C)C2CC2)c1. The topological polar surface area (TPSA) is 49.4 Å². The second-order valence-corrected chi connectivity index (χ2v) is 7.68. The van der Waals surface area contributed by atoms with Gasteiger partial charge >= 0.3 is 0 Å². The predicted molar refractivity (Wildman–Crippen MR) is 81.1 cm³/mol. The van der Waals surface area contributed by atoms with E-state index in [-0.39, 0.29) is 12.1 Å². The van der Waals surface area contributed by atoms with E-state index in [4.69, 9.17) is 0 Å². The zero-order valence-electron chi connectivity index (χ0n) is 12.6. The standard InChI is InChI=1S/C15H24N2O2S/c1-11(16-3)14-6-5-7-15(10-14)20(18,19)17(4)12(2)13-8-9-13/h5-7,10-13,16H,8-9H2,1-4H3. The quantitative estimate of drug-likeness (QED) is 0.877. The van der Waals surface area contributed by atoms with E-state index in [1.54, 1.807) is 19.2 Å². The van der Waals surface area contributed by atoms with Crippen molar-refractivity contribution >= 4 is 10.0 Å². The van der Waals surface area contributed by atoms with Gasteiger partial charge < -0.3 is 5.32 Å².